The van der Waals surface area contributed by atoms with E-state index in [1.807, 2.05) is 31.3 Å². The van der Waals surface area contributed by atoms with Gasteiger partial charge in [-0.3, -0.25) is 4.99 Å². The Balaban J connectivity index is 1.57. The van der Waals surface area contributed by atoms with Gasteiger partial charge in [0.2, 0.25) is 0 Å². The number of nitrogens with one attached hydrogen (secondary N) is 2. The van der Waals surface area contributed by atoms with Gasteiger partial charge in [0.25, 0.3) is 0 Å². The third kappa shape index (κ3) is 4.45. The van der Waals surface area contributed by atoms with Crippen LogP contribution in [0, 0.1) is 17.2 Å². The van der Waals surface area contributed by atoms with Crippen LogP contribution in [0.25, 0.3) is 0 Å². The van der Waals surface area contributed by atoms with Crippen molar-refractivity contribution in [1.82, 2.24) is 10.6 Å². The molecule has 2 aliphatic rings. The number of rotatable bonds is 5. The van der Waals surface area contributed by atoms with Crippen molar-refractivity contribution in [2.75, 3.05) is 25.0 Å². The van der Waals surface area contributed by atoms with E-state index in [1.54, 1.807) is 0 Å². The van der Waals surface area contributed by atoms with Crippen LogP contribution < -0.4 is 15.5 Å². The van der Waals surface area contributed by atoms with E-state index in [4.69, 9.17) is 0 Å². The molecule has 3 rings (SSSR count). The molecule has 1 aromatic carbocycles. The monoisotopic (exact) mass is 339 g/mol. The Morgan fingerprint density at radius 1 is 1.36 bits per heavy atom. The Labute approximate surface area is 151 Å². The molecule has 0 radical (unpaired) electrons. The van der Waals surface area contributed by atoms with E-state index in [9.17, 15) is 5.26 Å². The molecule has 0 aromatic heterocycles. The lowest BCUT2D eigenvalue weighted by atomic mass is 10.0. The smallest absolute Gasteiger partial charge is 0.191 e. The molecule has 1 aliphatic heterocycles. The Kier molecular flexibility index (Phi) is 5.80. The Morgan fingerprint density at radius 2 is 2.20 bits per heavy atom. The number of para-hydroxylation sites is 1. The molecule has 1 saturated carbocycles. The minimum absolute atomic E-state index is 0.357. The van der Waals surface area contributed by atoms with Crippen LogP contribution in [-0.4, -0.2) is 38.2 Å². The molecule has 134 valence electrons. The Hall–Kier alpha value is -2.22. The summed E-state index contributed by atoms with van der Waals surface area (Å²) in [5.41, 5.74) is 1.80. The molecule has 0 amide bonds. The predicted octanol–water partition coefficient (Wildman–Crippen LogP) is 2.88. The van der Waals surface area contributed by atoms with E-state index in [0.717, 1.165) is 49.1 Å². The summed E-state index contributed by atoms with van der Waals surface area (Å²) in [4.78, 5) is 6.74. The van der Waals surface area contributed by atoms with Crippen molar-refractivity contribution in [3.8, 4) is 6.07 Å². The number of benzene rings is 1. The zero-order valence-electron chi connectivity index (χ0n) is 15.3. The van der Waals surface area contributed by atoms with Gasteiger partial charge >= 0.3 is 0 Å². The van der Waals surface area contributed by atoms with E-state index < -0.39 is 0 Å². The molecule has 1 heterocycles. The summed E-state index contributed by atoms with van der Waals surface area (Å²) in [6.07, 6.45) is 6.08. The van der Waals surface area contributed by atoms with Crippen LogP contribution in [0.4, 0.5) is 5.69 Å². The average Bonchev–Trinajstić information content (AvgIpc) is 3.39. The van der Waals surface area contributed by atoms with Gasteiger partial charge in [-0.25, -0.2) is 0 Å². The second-order valence-corrected chi connectivity index (χ2v) is 7.17. The van der Waals surface area contributed by atoms with Gasteiger partial charge in [0, 0.05) is 32.2 Å². The zero-order valence-corrected chi connectivity index (χ0v) is 15.3. The van der Waals surface area contributed by atoms with Crippen LogP contribution in [0.1, 0.15) is 44.6 Å². The standard InChI is InChI=1S/C20H29N5/c1-3-7-15-12-18(15)24-20(22-2)23-17-9-6-11-25(14-17)19-10-5-4-8-16(19)13-21/h4-5,8,10,15,17-18H,3,6-7,9,11-12,14H2,1-2H3,(H2,22,23,24). The number of hydrogen-bond acceptors (Lipinski definition) is 3. The van der Waals surface area contributed by atoms with Crippen molar-refractivity contribution in [2.24, 2.45) is 10.9 Å². The summed E-state index contributed by atoms with van der Waals surface area (Å²) in [7, 11) is 1.85. The molecule has 2 fully saturated rings. The third-order valence-electron chi connectivity index (χ3n) is 5.26. The quantitative estimate of drug-likeness (QED) is 0.639. The minimum atomic E-state index is 0.357. The van der Waals surface area contributed by atoms with Gasteiger partial charge in [0.15, 0.2) is 5.96 Å². The fourth-order valence-electron chi connectivity index (χ4n) is 3.81. The highest BCUT2D eigenvalue weighted by molar-refractivity contribution is 5.80. The van der Waals surface area contributed by atoms with Crippen molar-refractivity contribution in [1.29, 1.82) is 5.26 Å². The maximum Gasteiger partial charge on any atom is 0.191 e. The van der Waals surface area contributed by atoms with E-state index in [0.29, 0.717) is 12.1 Å². The van der Waals surface area contributed by atoms with Crippen LogP contribution in [0.5, 0.6) is 0 Å². The maximum absolute atomic E-state index is 9.35. The van der Waals surface area contributed by atoms with Crippen molar-refractivity contribution >= 4 is 11.6 Å². The normalized spacial score (nSPS) is 26.0. The number of nitrogens with zero attached hydrogens (tertiary/aromatic N) is 3. The molecule has 3 atom stereocenters. The van der Waals surface area contributed by atoms with Crippen LogP contribution in [-0.2, 0) is 0 Å². The first-order chi connectivity index (χ1) is 12.2. The van der Waals surface area contributed by atoms with Gasteiger partial charge in [-0.15, -0.1) is 0 Å². The van der Waals surface area contributed by atoms with Crippen LogP contribution in [0.3, 0.4) is 0 Å². The topological polar surface area (TPSA) is 63.5 Å². The number of nitriles is 1. The molecule has 0 spiro atoms. The van der Waals surface area contributed by atoms with Gasteiger partial charge in [-0.1, -0.05) is 25.5 Å². The molecular weight excluding hydrogens is 310 g/mol. The molecule has 5 nitrogen and oxygen atoms in total. The summed E-state index contributed by atoms with van der Waals surface area (Å²) in [6.45, 7) is 4.16. The Morgan fingerprint density at radius 3 is 2.96 bits per heavy atom. The van der Waals surface area contributed by atoms with Crippen molar-refractivity contribution in [2.45, 2.75) is 51.1 Å². The van der Waals surface area contributed by atoms with Gasteiger partial charge < -0.3 is 15.5 Å². The van der Waals surface area contributed by atoms with E-state index in [-0.39, 0.29) is 0 Å². The molecule has 1 saturated heterocycles. The summed E-state index contributed by atoms with van der Waals surface area (Å²) < 4.78 is 0. The fraction of sp³-hybridized carbons (Fsp3) is 0.600. The highest BCUT2D eigenvalue weighted by Gasteiger charge is 2.37. The first kappa shape index (κ1) is 17.6. The molecule has 0 bridgehead atoms. The van der Waals surface area contributed by atoms with Gasteiger partial charge in [-0.05, 0) is 43.7 Å². The summed E-state index contributed by atoms with van der Waals surface area (Å²) in [5.74, 6) is 1.73. The lowest BCUT2D eigenvalue weighted by Gasteiger charge is -2.35. The van der Waals surface area contributed by atoms with E-state index >= 15 is 0 Å². The van der Waals surface area contributed by atoms with Gasteiger partial charge in [0.1, 0.15) is 6.07 Å². The third-order valence-corrected chi connectivity index (χ3v) is 5.26. The van der Waals surface area contributed by atoms with Crippen LogP contribution in [0.2, 0.25) is 0 Å². The second kappa shape index (κ2) is 8.24. The predicted molar refractivity (Wildman–Crippen MR) is 103 cm³/mol. The SMILES string of the molecule is CCCC1CC1NC(=NC)NC1CCCN(c2ccccc2C#N)C1. The Bertz CT molecular complexity index is 648. The molecule has 3 unspecified atom stereocenters. The zero-order chi connectivity index (χ0) is 17.6. The average molecular weight is 339 g/mol. The van der Waals surface area contributed by atoms with Crippen molar-refractivity contribution in [3.63, 3.8) is 0 Å². The van der Waals surface area contributed by atoms with E-state index in [1.165, 1.54) is 19.3 Å². The number of guanidine groups is 1. The highest BCUT2D eigenvalue weighted by Crippen LogP contribution is 2.34. The number of hydrogen-bond donors (Lipinski definition) is 2. The fourth-order valence-corrected chi connectivity index (χ4v) is 3.81. The lowest BCUT2D eigenvalue weighted by molar-refractivity contribution is 0.467. The number of piperidine rings is 1. The minimum Gasteiger partial charge on any atom is -0.368 e. The van der Waals surface area contributed by atoms with Crippen LogP contribution >= 0.6 is 0 Å². The van der Waals surface area contributed by atoms with Gasteiger partial charge in [-0.2, -0.15) is 5.26 Å². The summed E-state index contributed by atoms with van der Waals surface area (Å²) >= 11 is 0. The highest BCUT2D eigenvalue weighted by atomic mass is 15.2. The molecule has 25 heavy (non-hydrogen) atoms. The number of anilines is 1. The molecular formula is C20H29N5. The van der Waals surface area contributed by atoms with Gasteiger partial charge in [0.05, 0.1) is 11.3 Å². The maximum atomic E-state index is 9.35. The largest absolute Gasteiger partial charge is 0.368 e. The summed E-state index contributed by atoms with van der Waals surface area (Å²) in [6, 6.07) is 11.1. The summed E-state index contributed by atoms with van der Waals surface area (Å²) in [5, 5.41) is 16.5. The first-order valence-corrected chi connectivity index (χ1v) is 9.49. The van der Waals surface area contributed by atoms with E-state index in [2.05, 4.69) is 33.5 Å². The van der Waals surface area contributed by atoms with Crippen LogP contribution in [0.15, 0.2) is 29.3 Å². The van der Waals surface area contributed by atoms with Crippen molar-refractivity contribution in [3.05, 3.63) is 29.8 Å². The number of aliphatic imine (C=N–C) groups is 1. The molecule has 1 aromatic rings. The molecule has 5 heteroatoms. The molecule has 2 N–H and O–H groups in total. The lowest BCUT2D eigenvalue weighted by Crippen LogP contribution is -2.52. The molecule has 1 aliphatic carbocycles. The second-order valence-electron chi connectivity index (χ2n) is 7.17. The first-order valence-electron chi connectivity index (χ1n) is 9.49. The van der Waals surface area contributed by atoms with Crippen molar-refractivity contribution < 1.29 is 0 Å².